The highest BCUT2D eigenvalue weighted by atomic mass is 15.3. The quantitative estimate of drug-likeness (QED) is 0.549. The van der Waals surface area contributed by atoms with Crippen LogP contribution in [0.5, 0.6) is 0 Å². The van der Waals surface area contributed by atoms with Gasteiger partial charge in [0.2, 0.25) is 0 Å². The standard InChI is InChI=1S/C9H14N2/c1-5-6-8-9(11(8)4)7-10(2)3/h5-7H,1H2,2-4H3/b8-6+,9-7+. The zero-order valence-electron chi connectivity index (χ0n) is 7.33. The topological polar surface area (TPSA) is 6.25 Å². The fraction of sp³-hybridized carbons (Fsp3) is 0.333. The smallest absolute Gasteiger partial charge is 0.0811 e. The first-order valence-corrected chi connectivity index (χ1v) is 3.62. The highest BCUT2D eigenvalue weighted by Crippen LogP contribution is 2.34. The number of hydrogen-bond acceptors (Lipinski definition) is 2. The van der Waals surface area contributed by atoms with Crippen molar-refractivity contribution in [2.75, 3.05) is 21.1 Å². The van der Waals surface area contributed by atoms with Crippen LogP contribution in [0.2, 0.25) is 0 Å². The Morgan fingerprint density at radius 2 is 2.00 bits per heavy atom. The van der Waals surface area contributed by atoms with Crippen LogP contribution >= 0.6 is 0 Å². The van der Waals surface area contributed by atoms with Crippen molar-refractivity contribution in [3.05, 3.63) is 36.3 Å². The summed E-state index contributed by atoms with van der Waals surface area (Å²) in [6.45, 7) is 3.64. The van der Waals surface area contributed by atoms with Crippen molar-refractivity contribution in [2.24, 2.45) is 0 Å². The molecule has 1 saturated heterocycles. The van der Waals surface area contributed by atoms with Crippen molar-refractivity contribution in [2.45, 2.75) is 0 Å². The molecule has 2 nitrogen and oxygen atoms in total. The first kappa shape index (κ1) is 7.92. The van der Waals surface area contributed by atoms with Crippen LogP contribution in [0.25, 0.3) is 0 Å². The molecule has 0 amide bonds. The average Bonchev–Trinajstić information content (AvgIpc) is 2.45. The Bertz CT molecular complexity index is 224. The van der Waals surface area contributed by atoms with Crippen LogP contribution in [0.1, 0.15) is 0 Å². The lowest BCUT2D eigenvalue weighted by Gasteiger charge is -2.00. The summed E-state index contributed by atoms with van der Waals surface area (Å²) in [5.74, 6) is 0. The third kappa shape index (κ3) is 1.64. The highest BCUT2D eigenvalue weighted by Gasteiger charge is 2.28. The SMILES string of the molecule is C=C/C=C1\C(=C/N(C)C)N1C. The Balaban J connectivity index is 2.68. The number of hydrogen-bond donors (Lipinski definition) is 0. The summed E-state index contributed by atoms with van der Waals surface area (Å²) in [6.07, 6.45) is 5.91. The van der Waals surface area contributed by atoms with Crippen LogP contribution in [-0.2, 0) is 0 Å². The van der Waals surface area contributed by atoms with Crippen molar-refractivity contribution in [1.29, 1.82) is 0 Å². The molecule has 1 fully saturated rings. The fourth-order valence-electron chi connectivity index (χ4n) is 0.987. The van der Waals surface area contributed by atoms with Gasteiger partial charge in [-0.05, 0) is 6.08 Å². The molecule has 60 valence electrons. The van der Waals surface area contributed by atoms with Crippen LogP contribution in [0.4, 0.5) is 0 Å². The Morgan fingerprint density at radius 1 is 1.36 bits per heavy atom. The Kier molecular flexibility index (Phi) is 2.03. The van der Waals surface area contributed by atoms with E-state index in [0.717, 1.165) is 0 Å². The Labute approximate surface area is 68.1 Å². The summed E-state index contributed by atoms with van der Waals surface area (Å²) in [7, 11) is 6.08. The summed E-state index contributed by atoms with van der Waals surface area (Å²) in [4.78, 5) is 4.16. The minimum absolute atomic E-state index is 1.26. The molecule has 1 aliphatic rings. The molecule has 0 N–H and O–H groups in total. The van der Waals surface area contributed by atoms with Crippen LogP contribution in [0.15, 0.2) is 36.3 Å². The van der Waals surface area contributed by atoms with E-state index in [9.17, 15) is 0 Å². The van der Waals surface area contributed by atoms with Gasteiger partial charge in [0.1, 0.15) is 0 Å². The maximum Gasteiger partial charge on any atom is 0.0811 e. The first-order valence-electron chi connectivity index (χ1n) is 3.62. The van der Waals surface area contributed by atoms with Crippen LogP contribution in [0, 0.1) is 0 Å². The lowest BCUT2D eigenvalue weighted by molar-refractivity contribution is 0.555. The van der Waals surface area contributed by atoms with Crippen molar-refractivity contribution >= 4 is 0 Å². The van der Waals surface area contributed by atoms with Gasteiger partial charge in [-0.3, -0.25) is 0 Å². The molecule has 0 aromatic carbocycles. The van der Waals surface area contributed by atoms with E-state index in [1.165, 1.54) is 11.4 Å². The Morgan fingerprint density at radius 3 is 2.45 bits per heavy atom. The lowest BCUT2D eigenvalue weighted by atomic mass is 10.4. The van der Waals surface area contributed by atoms with E-state index in [2.05, 4.69) is 17.7 Å². The highest BCUT2D eigenvalue weighted by molar-refractivity contribution is 5.47. The molecule has 0 spiro atoms. The van der Waals surface area contributed by atoms with Gasteiger partial charge >= 0.3 is 0 Å². The van der Waals surface area contributed by atoms with E-state index in [0.29, 0.717) is 0 Å². The fourth-order valence-corrected chi connectivity index (χ4v) is 0.987. The maximum atomic E-state index is 3.64. The van der Waals surface area contributed by atoms with Gasteiger partial charge in [0.25, 0.3) is 0 Å². The van der Waals surface area contributed by atoms with Crippen LogP contribution in [-0.4, -0.2) is 30.9 Å². The van der Waals surface area contributed by atoms with Gasteiger partial charge in [-0.1, -0.05) is 12.7 Å². The summed E-state index contributed by atoms with van der Waals surface area (Å²) < 4.78 is 0. The summed E-state index contributed by atoms with van der Waals surface area (Å²) in [5, 5.41) is 0. The van der Waals surface area contributed by atoms with E-state index < -0.39 is 0 Å². The molecule has 0 unspecified atom stereocenters. The Hall–Kier alpha value is -1.18. The minimum atomic E-state index is 1.26. The van der Waals surface area contributed by atoms with E-state index in [1.54, 1.807) is 0 Å². The third-order valence-electron chi connectivity index (χ3n) is 1.59. The number of rotatable bonds is 2. The molecular weight excluding hydrogens is 136 g/mol. The largest absolute Gasteiger partial charge is 0.382 e. The molecule has 11 heavy (non-hydrogen) atoms. The minimum Gasteiger partial charge on any atom is -0.382 e. The van der Waals surface area contributed by atoms with Crippen LogP contribution in [0.3, 0.4) is 0 Å². The van der Waals surface area contributed by atoms with Crippen LogP contribution < -0.4 is 0 Å². The molecule has 0 aromatic rings. The molecule has 1 heterocycles. The molecule has 0 aromatic heterocycles. The van der Waals surface area contributed by atoms with Gasteiger partial charge in [-0.15, -0.1) is 0 Å². The zero-order valence-corrected chi connectivity index (χ0v) is 7.33. The predicted molar refractivity (Wildman–Crippen MR) is 47.8 cm³/mol. The second kappa shape index (κ2) is 2.82. The molecule has 0 radical (unpaired) electrons. The van der Waals surface area contributed by atoms with Crippen molar-refractivity contribution in [3.63, 3.8) is 0 Å². The molecular formula is C9H14N2. The molecule has 0 aliphatic carbocycles. The maximum absolute atomic E-state index is 3.64. The van der Waals surface area contributed by atoms with Gasteiger partial charge in [-0.25, -0.2) is 0 Å². The zero-order chi connectivity index (χ0) is 8.43. The van der Waals surface area contributed by atoms with Gasteiger partial charge in [-0.2, -0.15) is 0 Å². The van der Waals surface area contributed by atoms with Gasteiger partial charge in [0.15, 0.2) is 0 Å². The molecule has 0 atom stereocenters. The number of nitrogens with zero attached hydrogens (tertiary/aromatic N) is 2. The summed E-state index contributed by atoms with van der Waals surface area (Å²) >= 11 is 0. The first-order chi connectivity index (χ1) is 5.16. The van der Waals surface area contributed by atoms with Gasteiger partial charge in [0.05, 0.1) is 11.4 Å². The summed E-state index contributed by atoms with van der Waals surface area (Å²) in [5.41, 5.74) is 2.53. The van der Waals surface area contributed by atoms with E-state index in [-0.39, 0.29) is 0 Å². The van der Waals surface area contributed by atoms with E-state index >= 15 is 0 Å². The second-order valence-corrected chi connectivity index (χ2v) is 2.82. The molecule has 0 saturated carbocycles. The van der Waals surface area contributed by atoms with Crippen molar-refractivity contribution in [3.8, 4) is 0 Å². The van der Waals surface area contributed by atoms with E-state index in [4.69, 9.17) is 0 Å². The number of allylic oxidation sites excluding steroid dienone is 2. The van der Waals surface area contributed by atoms with Gasteiger partial charge < -0.3 is 9.80 Å². The van der Waals surface area contributed by atoms with Gasteiger partial charge in [0, 0.05) is 27.3 Å². The molecule has 2 heteroatoms. The third-order valence-corrected chi connectivity index (χ3v) is 1.59. The van der Waals surface area contributed by atoms with E-state index in [1.807, 2.05) is 38.2 Å². The average molecular weight is 150 g/mol. The lowest BCUT2D eigenvalue weighted by Crippen LogP contribution is -2.00. The predicted octanol–water partition coefficient (Wildman–Crippen LogP) is 1.40. The molecule has 1 aliphatic heterocycles. The molecule has 0 bridgehead atoms. The second-order valence-electron chi connectivity index (χ2n) is 2.82. The van der Waals surface area contributed by atoms with Crippen molar-refractivity contribution < 1.29 is 0 Å². The van der Waals surface area contributed by atoms with Crippen molar-refractivity contribution in [1.82, 2.24) is 9.80 Å². The number of likely N-dealkylation sites (N-methyl/N-ethyl adjacent to an activating group) is 1. The normalized spacial score (nSPS) is 22.6. The molecule has 1 rings (SSSR count). The summed E-state index contributed by atoms with van der Waals surface area (Å²) in [6, 6.07) is 0. The monoisotopic (exact) mass is 150 g/mol.